The van der Waals surface area contributed by atoms with E-state index in [-0.39, 0.29) is 12.3 Å². The van der Waals surface area contributed by atoms with Crippen LogP contribution in [-0.2, 0) is 4.74 Å². The predicted octanol–water partition coefficient (Wildman–Crippen LogP) is 5.55. The van der Waals surface area contributed by atoms with Crippen molar-refractivity contribution < 1.29 is 4.74 Å². The third-order valence-electron chi connectivity index (χ3n) is 5.02. The minimum absolute atomic E-state index is 0.223. The molecular formula is C20H33NO. The summed E-state index contributed by atoms with van der Waals surface area (Å²) < 4.78 is 6.34. The molecule has 124 valence electrons. The SMILES string of the molecule is CCCCCCCCC[C@@H]1O[C@H](c2ccccc2)[C@H](C)N1C. The van der Waals surface area contributed by atoms with Crippen molar-refractivity contribution in [2.45, 2.75) is 83.6 Å². The molecule has 0 aliphatic carbocycles. The van der Waals surface area contributed by atoms with E-state index in [1.165, 1.54) is 50.5 Å². The van der Waals surface area contributed by atoms with Crippen LogP contribution >= 0.6 is 0 Å². The van der Waals surface area contributed by atoms with Gasteiger partial charge >= 0.3 is 0 Å². The average molecular weight is 303 g/mol. The number of ether oxygens (including phenoxy) is 1. The van der Waals surface area contributed by atoms with E-state index in [0.717, 1.165) is 6.42 Å². The molecule has 2 rings (SSSR count). The van der Waals surface area contributed by atoms with Gasteiger partial charge in [0.05, 0.1) is 6.10 Å². The Morgan fingerprint density at radius 2 is 1.59 bits per heavy atom. The van der Waals surface area contributed by atoms with E-state index in [0.29, 0.717) is 6.04 Å². The highest BCUT2D eigenvalue weighted by Gasteiger charge is 2.37. The van der Waals surface area contributed by atoms with Crippen LogP contribution < -0.4 is 0 Å². The van der Waals surface area contributed by atoms with Gasteiger partial charge < -0.3 is 4.74 Å². The van der Waals surface area contributed by atoms with Crippen molar-refractivity contribution in [3.05, 3.63) is 35.9 Å². The Morgan fingerprint density at radius 1 is 0.955 bits per heavy atom. The molecule has 2 nitrogen and oxygen atoms in total. The maximum absolute atomic E-state index is 6.34. The molecule has 1 fully saturated rings. The van der Waals surface area contributed by atoms with Gasteiger partial charge in [0.15, 0.2) is 0 Å². The van der Waals surface area contributed by atoms with Crippen molar-refractivity contribution in [1.82, 2.24) is 4.90 Å². The van der Waals surface area contributed by atoms with Crippen molar-refractivity contribution in [2.75, 3.05) is 7.05 Å². The van der Waals surface area contributed by atoms with Gasteiger partial charge in [-0.2, -0.15) is 0 Å². The van der Waals surface area contributed by atoms with Crippen molar-refractivity contribution in [2.24, 2.45) is 0 Å². The van der Waals surface area contributed by atoms with Crippen molar-refractivity contribution in [1.29, 1.82) is 0 Å². The molecule has 3 atom stereocenters. The second kappa shape index (κ2) is 9.32. The Bertz CT molecular complexity index is 405. The smallest absolute Gasteiger partial charge is 0.111 e. The van der Waals surface area contributed by atoms with Crippen molar-refractivity contribution >= 4 is 0 Å². The summed E-state index contributed by atoms with van der Waals surface area (Å²) in [6.45, 7) is 4.56. The molecule has 0 N–H and O–H groups in total. The van der Waals surface area contributed by atoms with Crippen LogP contribution in [0.3, 0.4) is 0 Å². The van der Waals surface area contributed by atoms with E-state index in [1.807, 2.05) is 0 Å². The van der Waals surface area contributed by atoms with Crippen LogP contribution in [-0.4, -0.2) is 24.2 Å². The molecule has 1 aliphatic rings. The summed E-state index contributed by atoms with van der Waals surface area (Å²) in [5.41, 5.74) is 1.31. The minimum atomic E-state index is 0.223. The fourth-order valence-corrected chi connectivity index (χ4v) is 3.40. The van der Waals surface area contributed by atoms with Crippen LogP contribution in [0, 0.1) is 0 Å². The van der Waals surface area contributed by atoms with Crippen molar-refractivity contribution in [3.8, 4) is 0 Å². The lowest BCUT2D eigenvalue weighted by Crippen LogP contribution is -2.31. The Kier molecular flexibility index (Phi) is 7.41. The lowest BCUT2D eigenvalue weighted by Gasteiger charge is -2.21. The van der Waals surface area contributed by atoms with Crippen LogP contribution in [0.15, 0.2) is 30.3 Å². The fourth-order valence-electron chi connectivity index (χ4n) is 3.40. The standard InChI is InChI=1S/C20H33NO/c1-4-5-6-7-8-9-13-16-19-21(3)17(2)20(22-19)18-14-11-10-12-15-18/h10-12,14-15,17,19-20H,4-9,13,16H2,1-3H3/t17-,19-,20-/m0/s1. The molecule has 0 aromatic heterocycles. The molecule has 1 saturated heterocycles. The van der Waals surface area contributed by atoms with Crippen LogP contribution in [0.1, 0.15) is 76.9 Å². The number of unbranched alkanes of at least 4 members (excludes halogenated alkanes) is 6. The quantitative estimate of drug-likeness (QED) is 0.555. The van der Waals surface area contributed by atoms with Gasteiger partial charge in [-0.25, -0.2) is 0 Å². The molecule has 1 heterocycles. The first-order valence-electron chi connectivity index (χ1n) is 9.16. The maximum Gasteiger partial charge on any atom is 0.111 e. The molecule has 0 radical (unpaired) electrons. The van der Waals surface area contributed by atoms with E-state index in [9.17, 15) is 0 Å². The van der Waals surface area contributed by atoms with Crippen LogP contribution in [0.5, 0.6) is 0 Å². The number of likely N-dealkylation sites (N-methyl/N-ethyl adjacent to an activating group) is 1. The van der Waals surface area contributed by atoms with E-state index >= 15 is 0 Å². The van der Waals surface area contributed by atoms with Gasteiger partial charge in [0.2, 0.25) is 0 Å². The number of benzene rings is 1. The molecule has 0 spiro atoms. The summed E-state index contributed by atoms with van der Waals surface area (Å²) in [4.78, 5) is 2.41. The van der Waals surface area contributed by atoms with Gasteiger partial charge in [-0.05, 0) is 32.4 Å². The van der Waals surface area contributed by atoms with Crippen LogP contribution in [0.25, 0.3) is 0 Å². The molecule has 22 heavy (non-hydrogen) atoms. The van der Waals surface area contributed by atoms with Gasteiger partial charge in [0.25, 0.3) is 0 Å². The molecule has 0 amide bonds. The minimum Gasteiger partial charge on any atom is -0.354 e. The molecule has 0 unspecified atom stereocenters. The largest absolute Gasteiger partial charge is 0.354 e. The zero-order chi connectivity index (χ0) is 15.8. The molecule has 1 aliphatic heterocycles. The number of rotatable bonds is 9. The number of hydrogen-bond donors (Lipinski definition) is 0. The summed E-state index contributed by atoms with van der Waals surface area (Å²) >= 11 is 0. The number of hydrogen-bond acceptors (Lipinski definition) is 2. The monoisotopic (exact) mass is 303 g/mol. The Labute approximate surface area is 136 Å². The Balaban J connectivity index is 1.72. The number of nitrogens with zero attached hydrogens (tertiary/aromatic N) is 1. The summed E-state index contributed by atoms with van der Waals surface area (Å²) in [6.07, 6.45) is 11.2. The van der Waals surface area contributed by atoms with Gasteiger partial charge in [-0.15, -0.1) is 0 Å². The lowest BCUT2D eigenvalue weighted by molar-refractivity contribution is 0.000232. The second-order valence-electron chi connectivity index (χ2n) is 6.74. The van der Waals surface area contributed by atoms with E-state index in [4.69, 9.17) is 4.74 Å². The lowest BCUT2D eigenvalue weighted by atomic mass is 10.0. The highest BCUT2D eigenvalue weighted by atomic mass is 16.5. The van der Waals surface area contributed by atoms with E-state index < -0.39 is 0 Å². The summed E-state index contributed by atoms with van der Waals surface area (Å²) in [5.74, 6) is 0. The zero-order valence-electron chi connectivity index (χ0n) is 14.6. The third kappa shape index (κ3) is 4.82. The predicted molar refractivity (Wildman–Crippen MR) is 93.9 cm³/mol. The summed E-state index contributed by atoms with van der Waals surface area (Å²) in [6, 6.07) is 11.1. The van der Waals surface area contributed by atoms with Gasteiger partial charge in [0.1, 0.15) is 6.23 Å². The Hall–Kier alpha value is -0.860. The van der Waals surface area contributed by atoms with Gasteiger partial charge in [0, 0.05) is 6.04 Å². The second-order valence-corrected chi connectivity index (χ2v) is 6.74. The molecule has 0 bridgehead atoms. The van der Waals surface area contributed by atoms with Crippen LogP contribution in [0.4, 0.5) is 0 Å². The average Bonchev–Trinajstić information content (AvgIpc) is 2.83. The Morgan fingerprint density at radius 3 is 2.27 bits per heavy atom. The summed E-state index contributed by atoms with van der Waals surface area (Å²) in [5, 5.41) is 0. The fraction of sp³-hybridized carbons (Fsp3) is 0.700. The maximum atomic E-state index is 6.34. The summed E-state index contributed by atoms with van der Waals surface area (Å²) in [7, 11) is 2.21. The van der Waals surface area contributed by atoms with Gasteiger partial charge in [-0.3, -0.25) is 4.90 Å². The molecule has 1 aromatic rings. The molecular weight excluding hydrogens is 270 g/mol. The first-order chi connectivity index (χ1) is 10.7. The molecule has 2 heteroatoms. The first kappa shape index (κ1) is 17.5. The van der Waals surface area contributed by atoms with Gasteiger partial charge in [-0.1, -0.05) is 75.8 Å². The molecule has 0 saturated carbocycles. The third-order valence-corrected chi connectivity index (χ3v) is 5.02. The van der Waals surface area contributed by atoms with E-state index in [2.05, 4.69) is 56.1 Å². The topological polar surface area (TPSA) is 12.5 Å². The van der Waals surface area contributed by atoms with Crippen molar-refractivity contribution in [3.63, 3.8) is 0 Å². The first-order valence-corrected chi connectivity index (χ1v) is 9.16. The normalized spacial score (nSPS) is 25.7. The highest BCUT2D eigenvalue weighted by molar-refractivity contribution is 5.20. The molecule has 1 aromatic carbocycles. The van der Waals surface area contributed by atoms with E-state index in [1.54, 1.807) is 0 Å². The van der Waals surface area contributed by atoms with Crippen LogP contribution in [0.2, 0.25) is 0 Å². The zero-order valence-corrected chi connectivity index (χ0v) is 14.6. The highest BCUT2D eigenvalue weighted by Crippen LogP contribution is 2.35.